The second-order valence-corrected chi connectivity index (χ2v) is 10.1. The zero-order chi connectivity index (χ0) is 22.9. The summed E-state index contributed by atoms with van der Waals surface area (Å²) in [6.07, 6.45) is 9.15. The first-order valence-electron chi connectivity index (χ1n) is 11.4. The van der Waals surface area contributed by atoms with E-state index in [4.69, 9.17) is 5.73 Å². The van der Waals surface area contributed by atoms with E-state index in [1.165, 1.54) is 10.5 Å². The molecule has 1 aromatic carbocycles. The normalized spacial score (nSPS) is 25.2. The molecule has 32 heavy (non-hydrogen) atoms. The van der Waals surface area contributed by atoms with Gasteiger partial charge in [-0.2, -0.15) is 0 Å². The number of hydrogen-bond acceptors (Lipinski definition) is 4. The van der Waals surface area contributed by atoms with E-state index in [0.717, 1.165) is 38.5 Å². The largest absolute Gasteiger partial charge is 0.351 e. The van der Waals surface area contributed by atoms with Crippen molar-refractivity contribution in [1.82, 2.24) is 9.97 Å². The Morgan fingerprint density at radius 2 is 1.62 bits per heavy atom. The van der Waals surface area contributed by atoms with Crippen molar-refractivity contribution in [2.45, 2.75) is 57.8 Å². The molecule has 2 N–H and O–H groups in total. The Bertz CT molecular complexity index is 964. The first-order valence-corrected chi connectivity index (χ1v) is 11.4. The SMILES string of the molecule is CN(C(=O)C1CC1)c1ncc(N(CC2(C)CCC(C)(c3ccccc3)CC2)C(N)=O)cn1. The molecular formula is C25H33N5O2. The van der Waals surface area contributed by atoms with Gasteiger partial charge in [-0.3, -0.25) is 14.6 Å². The molecule has 3 amide bonds. The minimum absolute atomic E-state index is 0.0409. The van der Waals surface area contributed by atoms with Crippen LogP contribution in [0.25, 0.3) is 0 Å². The van der Waals surface area contributed by atoms with Crippen molar-refractivity contribution in [3.05, 3.63) is 48.3 Å². The molecule has 2 aliphatic carbocycles. The van der Waals surface area contributed by atoms with Gasteiger partial charge in [-0.1, -0.05) is 44.2 Å². The van der Waals surface area contributed by atoms with Gasteiger partial charge in [0.05, 0.1) is 18.1 Å². The minimum Gasteiger partial charge on any atom is -0.351 e. The summed E-state index contributed by atoms with van der Waals surface area (Å²) in [5, 5.41) is 0. The molecule has 2 fully saturated rings. The number of anilines is 2. The first kappa shape index (κ1) is 22.2. The first-order chi connectivity index (χ1) is 15.2. The number of rotatable bonds is 6. The highest BCUT2D eigenvalue weighted by Gasteiger charge is 2.40. The lowest BCUT2D eigenvalue weighted by Gasteiger charge is -2.45. The molecule has 0 saturated heterocycles. The Morgan fingerprint density at radius 1 is 1.03 bits per heavy atom. The Balaban J connectivity index is 1.44. The van der Waals surface area contributed by atoms with Crippen LogP contribution in [0.1, 0.15) is 57.9 Å². The van der Waals surface area contributed by atoms with Crippen molar-refractivity contribution in [3.8, 4) is 0 Å². The molecule has 0 unspecified atom stereocenters. The molecule has 1 heterocycles. The molecule has 0 radical (unpaired) electrons. The Labute approximate surface area is 190 Å². The van der Waals surface area contributed by atoms with Crippen LogP contribution < -0.4 is 15.5 Å². The van der Waals surface area contributed by atoms with Gasteiger partial charge in [0.1, 0.15) is 0 Å². The van der Waals surface area contributed by atoms with Crippen LogP contribution in [-0.4, -0.2) is 35.5 Å². The highest BCUT2D eigenvalue weighted by molar-refractivity contribution is 5.94. The van der Waals surface area contributed by atoms with E-state index >= 15 is 0 Å². The third-order valence-electron chi connectivity index (χ3n) is 7.33. The van der Waals surface area contributed by atoms with Gasteiger partial charge in [-0.15, -0.1) is 0 Å². The predicted octanol–water partition coefficient (Wildman–Crippen LogP) is 4.27. The number of primary amides is 1. The van der Waals surface area contributed by atoms with Crippen LogP contribution in [0.3, 0.4) is 0 Å². The fourth-order valence-corrected chi connectivity index (χ4v) is 4.70. The number of carbonyl (C=O) groups excluding carboxylic acids is 2. The third-order valence-corrected chi connectivity index (χ3v) is 7.33. The van der Waals surface area contributed by atoms with Crippen molar-refractivity contribution in [3.63, 3.8) is 0 Å². The molecule has 0 spiro atoms. The van der Waals surface area contributed by atoms with Crippen LogP contribution in [0.15, 0.2) is 42.7 Å². The van der Waals surface area contributed by atoms with Crippen molar-refractivity contribution in [1.29, 1.82) is 0 Å². The molecule has 1 aromatic heterocycles. The summed E-state index contributed by atoms with van der Waals surface area (Å²) >= 11 is 0. The zero-order valence-corrected chi connectivity index (χ0v) is 19.3. The number of nitrogens with zero attached hydrogens (tertiary/aromatic N) is 4. The van der Waals surface area contributed by atoms with E-state index in [-0.39, 0.29) is 22.7 Å². The second kappa shape index (κ2) is 8.52. The molecule has 0 atom stereocenters. The molecule has 170 valence electrons. The van der Waals surface area contributed by atoms with Gasteiger partial charge in [-0.05, 0) is 54.9 Å². The van der Waals surface area contributed by atoms with Gasteiger partial charge in [0.2, 0.25) is 11.9 Å². The maximum absolute atomic E-state index is 12.3. The number of carbonyl (C=O) groups is 2. The predicted molar refractivity (Wildman–Crippen MR) is 125 cm³/mol. The molecule has 2 saturated carbocycles. The van der Waals surface area contributed by atoms with Crippen molar-refractivity contribution < 1.29 is 9.59 Å². The van der Waals surface area contributed by atoms with Crippen LogP contribution >= 0.6 is 0 Å². The van der Waals surface area contributed by atoms with Crippen LogP contribution in [0.2, 0.25) is 0 Å². The average Bonchev–Trinajstić information content (AvgIpc) is 3.65. The maximum atomic E-state index is 12.3. The lowest BCUT2D eigenvalue weighted by atomic mass is 9.62. The Hall–Kier alpha value is -2.96. The van der Waals surface area contributed by atoms with Crippen LogP contribution in [0.5, 0.6) is 0 Å². The van der Waals surface area contributed by atoms with Crippen LogP contribution in [0.4, 0.5) is 16.4 Å². The summed E-state index contributed by atoms with van der Waals surface area (Å²) in [6, 6.07) is 10.2. The average molecular weight is 436 g/mol. The van der Waals surface area contributed by atoms with Gasteiger partial charge in [-0.25, -0.2) is 14.8 Å². The maximum Gasteiger partial charge on any atom is 0.319 e. The van der Waals surface area contributed by atoms with Gasteiger partial charge in [0.25, 0.3) is 0 Å². The number of nitrogens with two attached hydrogens (primary N) is 1. The standard InChI is InChI=1S/C25H33N5O2/c1-24(11-13-25(2,14-12-24)19-7-5-4-6-8-19)17-30(22(26)32)20-15-27-23(28-16-20)29(3)21(31)18-9-10-18/h4-8,15-16,18H,9-14,17H2,1-3H3,(H2,26,32). The van der Waals surface area contributed by atoms with Gasteiger partial charge in [0, 0.05) is 19.5 Å². The number of aromatic nitrogens is 2. The number of urea groups is 1. The van der Waals surface area contributed by atoms with Crippen LogP contribution in [-0.2, 0) is 10.2 Å². The van der Waals surface area contributed by atoms with Crippen molar-refractivity contribution in [2.75, 3.05) is 23.4 Å². The number of amides is 3. The monoisotopic (exact) mass is 435 g/mol. The lowest BCUT2D eigenvalue weighted by molar-refractivity contribution is -0.119. The Kier molecular flexibility index (Phi) is 5.93. The topological polar surface area (TPSA) is 92.4 Å². The quantitative estimate of drug-likeness (QED) is 0.733. The summed E-state index contributed by atoms with van der Waals surface area (Å²) in [7, 11) is 1.69. The molecule has 0 aliphatic heterocycles. The van der Waals surface area contributed by atoms with E-state index in [9.17, 15) is 9.59 Å². The number of hydrogen-bond donors (Lipinski definition) is 1. The molecule has 0 bridgehead atoms. The van der Waals surface area contributed by atoms with E-state index in [2.05, 4.69) is 54.1 Å². The fourth-order valence-electron chi connectivity index (χ4n) is 4.70. The summed E-state index contributed by atoms with van der Waals surface area (Å²) in [6.45, 7) is 5.08. The highest BCUT2D eigenvalue weighted by atomic mass is 16.2. The molecule has 2 aromatic rings. The molecular weight excluding hydrogens is 402 g/mol. The highest BCUT2D eigenvalue weighted by Crippen LogP contribution is 2.47. The third kappa shape index (κ3) is 4.61. The van der Waals surface area contributed by atoms with Crippen molar-refractivity contribution in [2.24, 2.45) is 17.1 Å². The Morgan fingerprint density at radius 3 is 2.16 bits per heavy atom. The second-order valence-electron chi connectivity index (χ2n) is 10.1. The fraction of sp³-hybridized carbons (Fsp3) is 0.520. The summed E-state index contributed by atoms with van der Waals surface area (Å²) in [5.74, 6) is 0.483. The van der Waals surface area contributed by atoms with E-state index in [0.29, 0.717) is 18.2 Å². The molecule has 2 aliphatic rings. The van der Waals surface area contributed by atoms with E-state index in [1.807, 2.05) is 0 Å². The summed E-state index contributed by atoms with van der Waals surface area (Å²) in [5.41, 5.74) is 7.80. The van der Waals surface area contributed by atoms with Gasteiger partial charge >= 0.3 is 6.03 Å². The van der Waals surface area contributed by atoms with Crippen LogP contribution in [0, 0.1) is 11.3 Å². The smallest absolute Gasteiger partial charge is 0.319 e. The summed E-state index contributed by atoms with van der Waals surface area (Å²) in [4.78, 5) is 36.3. The van der Waals surface area contributed by atoms with Gasteiger partial charge < -0.3 is 5.73 Å². The number of benzene rings is 1. The lowest BCUT2D eigenvalue weighted by Crippen LogP contribution is -2.46. The van der Waals surface area contributed by atoms with Crippen molar-refractivity contribution >= 4 is 23.6 Å². The minimum atomic E-state index is -0.513. The van der Waals surface area contributed by atoms with E-state index < -0.39 is 6.03 Å². The van der Waals surface area contributed by atoms with Gasteiger partial charge in [0.15, 0.2) is 0 Å². The van der Waals surface area contributed by atoms with E-state index in [1.54, 1.807) is 24.3 Å². The molecule has 7 nitrogen and oxygen atoms in total. The molecule has 4 rings (SSSR count). The molecule has 7 heteroatoms. The zero-order valence-electron chi connectivity index (χ0n) is 19.3. The summed E-state index contributed by atoms with van der Waals surface area (Å²) < 4.78 is 0.